The van der Waals surface area contributed by atoms with Crippen LogP contribution in [0.3, 0.4) is 0 Å². The standard InChI is InChI=1S/C14H20N2O5/c17-12(18)14(4-8-20-9-5-14)10-16-13(19)15-6-3-11-2-1-7-21-11/h1-2,7H,3-6,8-10H2,(H,17,18)(H2,15,16,19). The van der Waals surface area contributed by atoms with E-state index in [-0.39, 0.29) is 12.6 Å². The molecule has 2 heterocycles. The number of carbonyl (C=O) groups is 2. The maximum absolute atomic E-state index is 11.7. The van der Waals surface area contributed by atoms with Gasteiger partial charge in [0.05, 0.1) is 11.7 Å². The Kier molecular flexibility index (Phi) is 5.21. The molecule has 2 rings (SSSR count). The van der Waals surface area contributed by atoms with Crippen molar-refractivity contribution in [3.63, 3.8) is 0 Å². The zero-order valence-electron chi connectivity index (χ0n) is 11.8. The third-order valence-corrected chi connectivity index (χ3v) is 3.73. The van der Waals surface area contributed by atoms with Crippen molar-refractivity contribution in [2.75, 3.05) is 26.3 Å². The second-order valence-electron chi connectivity index (χ2n) is 5.14. The van der Waals surface area contributed by atoms with Gasteiger partial charge in [-0.25, -0.2) is 4.79 Å². The van der Waals surface area contributed by atoms with Crippen molar-refractivity contribution in [2.24, 2.45) is 5.41 Å². The Morgan fingerprint density at radius 3 is 2.67 bits per heavy atom. The van der Waals surface area contributed by atoms with E-state index >= 15 is 0 Å². The Morgan fingerprint density at radius 2 is 2.05 bits per heavy atom. The van der Waals surface area contributed by atoms with Crippen molar-refractivity contribution in [3.8, 4) is 0 Å². The molecule has 0 radical (unpaired) electrons. The van der Waals surface area contributed by atoms with Gasteiger partial charge in [0.15, 0.2) is 0 Å². The quantitative estimate of drug-likeness (QED) is 0.727. The monoisotopic (exact) mass is 296 g/mol. The normalized spacial score (nSPS) is 17.1. The number of ether oxygens (including phenoxy) is 1. The van der Waals surface area contributed by atoms with E-state index in [1.54, 1.807) is 12.3 Å². The fourth-order valence-electron chi connectivity index (χ4n) is 2.29. The summed E-state index contributed by atoms with van der Waals surface area (Å²) in [5.41, 5.74) is -0.920. The van der Waals surface area contributed by atoms with Crippen LogP contribution in [0.2, 0.25) is 0 Å². The number of rotatable bonds is 6. The lowest BCUT2D eigenvalue weighted by Crippen LogP contribution is -2.49. The van der Waals surface area contributed by atoms with Crippen LogP contribution >= 0.6 is 0 Å². The SMILES string of the molecule is O=C(NCCc1ccco1)NCC1(C(=O)O)CCOCC1. The van der Waals surface area contributed by atoms with Gasteiger partial charge in [0.25, 0.3) is 0 Å². The van der Waals surface area contributed by atoms with Crippen molar-refractivity contribution in [1.82, 2.24) is 10.6 Å². The molecule has 7 nitrogen and oxygen atoms in total. The number of urea groups is 1. The summed E-state index contributed by atoms with van der Waals surface area (Å²) in [5, 5.41) is 14.7. The van der Waals surface area contributed by atoms with Crippen molar-refractivity contribution >= 4 is 12.0 Å². The minimum atomic E-state index is -0.920. The molecule has 3 N–H and O–H groups in total. The Hall–Kier alpha value is -2.02. The molecule has 0 unspecified atom stereocenters. The summed E-state index contributed by atoms with van der Waals surface area (Å²) in [4.78, 5) is 23.1. The fourth-order valence-corrected chi connectivity index (χ4v) is 2.29. The van der Waals surface area contributed by atoms with Gasteiger partial charge < -0.3 is 24.9 Å². The molecule has 1 fully saturated rings. The van der Waals surface area contributed by atoms with Gasteiger partial charge in [0.2, 0.25) is 0 Å². The number of amides is 2. The van der Waals surface area contributed by atoms with Gasteiger partial charge in [0, 0.05) is 32.7 Å². The second-order valence-corrected chi connectivity index (χ2v) is 5.14. The summed E-state index contributed by atoms with van der Waals surface area (Å²) in [6, 6.07) is 3.26. The average Bonchev–Trinajstić information content (AvgIpc) is 2.99. The molecule has 0 aromatic carbocycles. The van der Waals surface area contributed by atoms with Crippen molar-refractivity contribution in [3.05, 3.63) is 24.2 Å². The molecule has 1 aromatic heterocycles. The number of hydrogen-bond acceptors (Lipinski definition) is 4. The first-order valence-electron chi connectivity index (χ1n) is 6.98. The second kappa shape index (κ2) is 7.12. The third kappa shape index (κ3) is 4.22. The lowest BCUT2D eigenvalue weighted by molar-refractivity contribution is -0.154. The van der Waals surface area contributed by atoms with Crippen LogP contribution in [0.4, 0.5) is 4.79 Å². The number of carboxylic acids is 1. The number of carbonyl (C=O) groups excluding carboxylic acids is 1. The highest BCUT2D eigenvalue weighted by Crippen LogP contribution is 2.29. The molecular formula is C14H20N2O5. The lowest BCUT2D eigenvalue weighted by Gasteiger charge is -2.33. The highest BCUT2D eigenvalue weighted by atomic mass is 16.5. The summed E-state index contributed by atoms with van der Waals surface area (Å²) < 4.78 is 10.3. The number of aliphatic carboxylic acids is 1. The van der Waals surface area contributed by atoms with E-state index in [0.29, 0.717) is 39.0 Å². The number of hydrogen-bond donors (Lipinski definition) is 3. The fraction of sp³-hybridized carbons (Fsp3) is 0.571. The molecule has 7 heteroatoms. The molecule has 0 spiro atoms. The highest BCUT2D eigenvalue weighted by Gasteiger charge is 2.40. The molecule has 0 saturated carbocycles. The van der Waals surface area contributed by atoms with Gasteiger partial charge in [-0.1, -0.05) is 0 Å². The van der Waals surface area contributed by atoms with Crippen LogP contribution in [0.1, 0.15) is 18.6 Å². The van der Waals surface area contributed by atoms with Crippen LogP contribution in [-0.4, -0.2) is 43.4 Å². The molecular weight excluding hydrogens is 276 g/mol. The summed E-state index contributed by atoms with van der Waals surface area (Å²) >= 11 is 0. The summed E-state index contributed by atoms with van der Waals surface area (Å²) in [7, 11) is 0. The van der Waals surface area contributed by atoms with E-state index in [9.17, 15) is 14.7 Å². The lowest BCUT2D eigenvalue weighted by atomic mass is 9.80. The Morgan fingerprint density at radius 1 is 1.29 bits per heavy atom. The van der Waals surface area contributed by atoms with E-state index in [1.165, 1.54) is 0 Å². The van der Waals surface area contributed by atoms with Crippen LogP contribution in [0.5, 0.6) is 0 Å². The Labute approximate surface area is 122 Å². The first-order valence-corrected chi connectivity index (χ1v) is 6.98. The maximum atomic E-state index is 11.7. The third-order valence-electron chi connectivity index (χ3n) is 3.73. The Balaban J connectivity index is 1.72. The van der Waals surface area contributed by atoms with Gasteiger partial charge in [0.1, 0.15) is 5.76 Å². The molecule has 1 aliphatic rings. The highest BCUT2D eigenvalue weighted by molar-refractivity contribution is 5.78. The van der Waals surface area contributed by atoms with Gasteiger partial charge in [-0.3, -0.25) is 4.79 Å². The van der Waals surface area contributed by atoms with E-state index < -0.39 is 11.4 Å². The zero-order valence-corrected chi connectivity index (χ0v) is 11.8. The molecule has 0 aliphatic carbocycles. The number of furan rings is 1. The summed E-state index contributed by atoms with van der Waals surface area (Å²) in [6.07, 6.45) is 3.00. The van der Waals surface area contributed by atoms with E-state index in [1.807, 2.05) is 6.07 Å². The van der Waals surface area contributed by atoms with Crippen molar-refractivity contribution < 1.29 is 23.8 Å². The minimum Gasteiger partial charge on any atom is -0.481 e. The smallest absolute Gasteiger partial charge is 0.314 e. The van der Waals surface area contributed by atoms with E-state index in [0.717, 1.165) is 5.76 Å². The molecule has 21 heavy (non-hydrogen) atoms. The first kappa shape index (κ1) is 15.4. The topological polar surface area (TPSA) is 101 Å². The zero-order chi connectivity index (χ0) is 15.1. The van der Waals surface area contributed by atoms with Gasteiger partial charge in [-0.2, -0.15) is 0 Å². The predicted octanol–water partition coefficient (Wildman–Crippen LogP) is 1.00. The molecule has 1 aromatic rings. The van der Waals surface area contributed by atoms with E-state index in [4.69, 9.17) is 9.15 Å². The van der Waals surface area contributed by atoms with Crippen molar-refractivity contribution in [2.45, 2.75) is 19.3 Å². The molecule has 2 amide bonds. The number of nitrogens with one attached hydrogen (secondary N) is 2. The average molecular weight is 296 g/mol. The predicted molar refractivity (Wildman–Crippen MR) is 73.9 cm³/mol. The van der Waals surface area contributed by atoms with Crippen LogP contribution in [0.15, 0.2) is 22.8 Å². The van der Waals surface area contributed by atoms with Gasteiger partial charge in [-0.05, 0) is 25.0 Å². The largest absolute Gasteiger partial charge is 0.481 e. The molecule has 0 bridgehead atoms. The molecule has 0 atom stereocenters. The summed E-state index contributed by atoms with van der Waals surface area (Å²) in [6.45, 7) is 1.36. The van der Waals surface area contributed by atoms with E-state index in [2.05, 4.69) is 10.6 Å². The minimum absolute atomic E-state index is 0.109. The van der Waals surface area contributed by atoms with Crippen LogP contribution < -0.4 is 10.6 Å². The van der Waals surface area contributed by atoms with Crippen LogP contribution in [0, 0.1) is 5.41 Å². The van der Waals surface area contributed by atoms with Crippen LogP contribution in [-0.2, 0) is 16.0 Å². The Bertz CT molecular complexity index is 466. The number of carboxylic acid groups (broad SMARTS) is 1. The first-order chi connectivity index (χ1) is 10.1. The molecule has 1 saturated heterocycles. The van der Waals surface area contributed by atoms with Gasteiger partial charge in [-0.15, -0.1) is 0 Å². The van der Waals surface area contributed by atoms with Crippen LogP contribution in [0.25, 0.3) is 0 Å². The summed E-state index contributed by atoms with van der Waals surface area (Å²) in [5.74, 6) is -0.0941. The molecule has 116 valence electrons. The molecule has 1 aliphatic heterocycles. The van der Waals surface area contributed by atoms with Gasteiger partial charge >= 0.3 is 12.0 Å². The van der Waals surface area contributed by atoms with Crippen molar-refractivity contribution in [1.29, 1.82) is 0 Å². The maximum Gasteiger partial charge on any atom is 0.314 e.